The number of thioether (sulfide) groups is 1. The number of carbonyl (C=O) groups is 1. The molecule has 0 bridgehead atoms. The summed E-state index contributed by atoms with van der Waals surface area (Å²) in [5, 5.41) is 8.46. The van der Waals surface area contributed by atoms with Crippen LogP contribution in [0.1, 0.15) is 10.4 Å². The first kappa shape index (κ1) is 19.8. The predicted octanol–water partition coefficient (Wildman–Crippen LogP) is 3.27. The van der Waals surface area contributed by atoms with Crippen molar-refractivity contribution < 1.29 is 4.79 Å². The van der Waals surface area contributed by atoms with Crippen molar-refractivity contribution in [3.8, 4) is 11.4 Å². The highest BCUT2D eigenvalue weighted by Gasteiger charge is 2.15. The molecule has 3 heterocycles. The third-order valence-corrected chi connectivity index (χ3v) is 5.59. The van der Waals surface area contributed by atoms with Gasteiger partial charge in [0.25, 0.3) is 11.5 Å². The maximum atomic E-state index is 13.1. The lowest BCUT2D eigenvalue weighted by Crippen LogP contribution is -2.15. The summed E-state index contributed by atoms with van der Waals surface area (Å²) in [4.78, 5) is 36.2. The van der Waals surface area contributed by atoms with Crippen LogP contribution in [-0.2, 0) is 0 Å². The van der Waals surface area contributed by atoms with Gasteiger partial charge in [-0.2, -0.15) is 5.10 Å². The van der Waals surface area contributed by atoms with Gasteiger partial charge in [0.2, 0.25) is 0 Å². The SMILES string of the molecule is CSc1nccn1-c1cccc(C(=O)Nc2ccccc2-n2ncc3c(=O)[nH]cnc32)c1. The van der Waals surface area contributed by atoms with E-state index in [0.717, 1.165) is 10.8 Å². The number of para-hydroxylation sites is 2. The van der Waals surface area contributed by atoms with E-state index in [4.69, 9.17) is 0 Å². The van der Waals surface area contributed by atoms with Gasteiger partial charge in [0.05, 0.1) is 23.9 Å². The minimum Gasteiger partial charge on any atom is -0.320 e. The lowest BCUT2D eigenvalue weighted by atomic mass is 10.1. The van der Waals surface area contributed by atoms with Crippen molar-refractivity contribution in [1.29, 1.82) is 0 Å². The number of benzene rings is 2. The van der Waals surface area contributed by atoms with Crippen molar-refractivity contribution in [3.63, 3.8) is 0 Å². The Labute approximate surface area is 186 Å². The Bertz CT molecular complexity index is 1500. The molecule has 1 amide bonds. The number of anilines is 1. The molecule has 0 aliphatic rings. The number of carbonyl (C=O) groups excluding carboxylic acids is 1. The Morgan fingerprint density at radius 3 is 2.88 bits per heavy atom. The monoisotopic (exact) mass is 443 g/mol. The number of aromatic amines is 1. The number of imidazole rings is 1. The van der Waals surface area contributed by atoms with Crippen LogP contribution in [0.2, 0.25) is 0 Å². The Hall–Kier alpha value is -4.18. The lowest BCUT2D eigenvalue weighted by Gasteiger charge is -2.12. The molecular weight excluding hydrogens is 426 g/mol. The molecule has 32 heavy (non-hydrogen) atoms. The van der Waals surface area contributed by atoms with Gasteiger partial charge in [-0.3, -0.25) is 14.2 Å². The largest absolute Gasteiger partial charge is 0.320 e. The summed E-state index contributed by atoms with van der Waals surface area (Å²) in [5.74, 6) is -0.271. The standard InChI is InChI=1S/C22H17N7O2S/c1-32-22-23-9-10-28(22)15-6-4-5-14(11-15)20(30)27-17-7-2-3-8-18(17)29-19-16(12-26-29)21(31)25-13-24-19/h2-13H,1H3,(H,27,30)(H,24,25,31). The van der Waals surface area contributed by atoms with Gasteiger partial charge in [-0.15, -0.1) is 0 Å². The summed E-state index contributed by atoms with van der Waals surface area (Å²) < 4.78 is 3.46. The average Bonchev–Trinajstić information content (AvgIpc) is 3.47. The molecule has 0 aliphatic carbocycles. The van der Waals surface area contributed by atoms with E-state index in [9.17, 15) is 9.59 Å². The van der Waals surface area contributed by atoms with Crippen LogP contribution in [0.4, 0.5) is 5.69 Å². The van der Waals surface area contributed by atoms with Gasteiger partial charge in [0, 0.05) is 23.6 Å². The highest BCUT2D eigenvalue weighted by molar-refractivity contribution is 7.98. The topological polar surface area (TPSA) is 110 Å². The zero-order valence-electron chi connectivity index (χ0n) is 16.9. The number of rotatable bonds is 5. The minimum absolute atomic E-state index is 0.271. The van der Waals surface area contributed by atoms with Crippen molar-refractivity contribution in [3.05, 3.63) is 89.4 Å². The normalized spacial score (nSPS) is 11.0. The molecule has 0 fully saturated rings. The van der Waals surface area contributed by atoms with Crippen LogP contribution in [0.3, 0.4) is 0 Å². The number of nitrogens with zero attached hydrogens (tertiary/aromatic N) is 5. The number of nitrogens with one attached hydrogen (secondary N) is 2. The molecule has 5 aromatic rings. The van der Waals surface area contributed by atoms with E-state index in [1.54, 1.807) is 24.4 Å². The second-order valence-corrected chi connectivity index (χ2v) is 7.60. The van der Waals surface area contributed by atoms with E-state index in [1.807, 2.05) is 47.4 Å². The molecular formula is C22H17N7O2S. The number of H-pyrrole nitrogens is 1. The number of fused-ring (bicyclic) bond motifs is 1. The molecule has 5 rings (SSSR count). The predicted molar refractivity (Wildman–Crippen MR) is 123 cm³/mol. The second-order valence-electron chi connectivity index (χ2n) is 6.83. The molecule has 158 valence electrons. The van der Waals surface area contributed by atoms with Crippen LogP contribution < -0.4 is 10.9 Å². The minimum atomic E-state index is -0.274. The highest BCUT2D eigenvalue weighted by atomic mass is 32.2. The van der Waals surface area contributed by atoms with Gasteiger partial charge in [0.1, 0.15) is 5.39 Å². The van der Waals surface area contributed by atoms with E-state index in [-0.39, 0.29) is 11.5 Å². The van der Waals surface area contributed by atoms with Crippen LogP contribution in [-0.4, -0.2) is 41.5 Å². The molecule has 0 saturated carbocycles. The summed E-state index contributed by atoms with van der Waals surface area (Å²) in [6.07, 6.45) is 8.32. The van der Waals surface area contributed by atoms with E-state index in [2.05, 4.69) is 25.4 Å². The van der Waals surface area contributed by atoms with Crippen LogP contribution in [0.15, 0.2) is 83.4 Å². The second kappa shape index (κ2) is 8.16. The Kier molecular flexibility index (Phi) is 5.04. The Balaban J connectivity index is 1.49. The Morgan fingerprint density at radius 2 is 2.00 bits per heavy atom. The number of hydrogen-bond acceptors (Lipinski definition) is 6. The summed E-state index contributed by atoms with van der Waals surface area (Å²) in [6.45, 7) is 0. The van der Waals surface area contributed by atoms with Gasteiger partial charge < -0.3 is 10.3 Å². The molecule has 10 heteroatoms. The summed E-state index contributed by atoms with van der Waals surface area (Å²) in [5.41, 5.74) is 2.62. The molecule has 9 nitrogen and oxygen atoms in total. The van der Waals surface area contributed by atoms with Crippen molar-refractivity contribution in [2.75, 3.05) is 11.6 Å². The average molecular weight is 443 g/mol. The zero-order chi connectivity index (χ0) is 22.1. The molecule has 3 aromatic heterocycles. The summed E-state index contributed by atoms with van der Waals surface area (Å²) in [6, 6.07) is 14.5. The third-order valence-electron chi connectivity index (χ3n) is 4.93. The molecule has 0 aliphatic heterocycles. The number of amides is 1. The van der Waals surface area contributed by atoms with Gasteiger partial charge in [-0.25, -0.2) is 14.6 Å². The van der Waals surface area contributed by atoms with E-state index < -0.39 is 0 Å². The molecule has 0 unspecified atom stereocenters. The van der Waals surface area contributed by atoms with Crippen molar-refractivity contribution >= 4 is 34.4 Å². The van der Waals surface area contributed by atoms with E-state index in [0.29, 0.717) is 28.0 Å². The van der Waals surface area contributed by atoms with E-state index in [1.165, 1.54) is 29.0 Å². The van der Waals surface area contributed by atoms with Crippen molar-refractivity contribution in [2.24, 2.45) is 0 Å². The zero-order valence-corrected chi connectivity index (χ0v) is 17.7. The summed E-state index contributed by atoms with van der Waals surface area (Å²) in [7, 11) is 0. The van der Waals surface area contributed by atoms with Crippen molar-refractivity contribution in [2.45, 2.75) is 5.16 Å². The van der Waals surface area contributed by atoms with Gasteiger partial charge in [0.15, 0.2) is 10.8 Å². The van der Waals surface area contributed by atoms with Gasteiger partial charge in [-0.05, 0) is 36.6 Å². The van der Waals surface area contributed by atoms with Crippen LogP contribution >= 0.6 is 11.8 Å². The quantitative estimate of drug-likeness (QED) is 0.404. The fraction of sp³-hybridized carbons (Fsp3) is 0.0455. The maximum absolute atomic E-state index is 13.1. The molecule has 0 spiro atoms. The van der Waals surface area contributed by atoms with Crippen LogP contribution in [0.25, 0.3) is 22.4 Å². The first-order chi connectivity index (χ1) is 15.7. The lowest BCUT2D eigenvalue weighted by molar-refractivity contribution is 0.102. The third kappa shape index (κ3) is 3.46. The Morgan fingerprint density at radius 1 is 1.12 bits per heavy atom. The van der Waals surface area contributed by atoms with Crippen LogP contribution in [0.5, 0.6) is 0 Å². The number of hydrogen-bond donors (Lipinski definition) is 2. The molecule has 0 radical (unpaired) electrons. The smallest absolute Gasteiger partial charge is 0.261 e. The molecule has 0 atom stereocenters. The first-order valence-corrected chi connectivity index (χ1v) is 10.9. The molecule has 2 N–H and O–H groups in total. The van der Waals surface area contributed by atoms with E-state index >= 15 is 0 Å². The summed E-state index contributed by atoms with van der Waals surface area (Å²) >= 11 is 1.53. The number of aromatic nitrogens is 6. The van der Waals surface area contributed by atoms with Crippen molar-refractivity contribution in [1.82, 2.24) is 29.3 Å². The van der Waals surface area contributed by atoms with Crippen LogP contribution in [0, 0.1) is 0 Å². The van der Waals surface area contributed by atoms with Gasteiger partial charge >= 0.3 is 0 Å². The fourth-order valence-electron chi connectivity index (χ4n) is 3.43. The fourth-order valence-corrected chi connectivity index (χ4v) is 3.95. The molecule has 0 saturated heterocycles. The van der Waals surface area contributed by atoms with Gasteiger partial charge in [-0.1, -0.05) is 30.0 Å². The maximum Gasteiger partial charge on any atom is 0.261 e. The molecule has 2 aromatic carbocycles. The highest BCUT2D eigenvalue weighted by Crippen LogP contribution is 2.24. The first-order valence-electron chi connectivity index (χ1n) is 9.65.